The minimum absolute atomic E-state index is 0.0498. The van der Waals surface area contributed by atoms with Crippen LogP contribution in [0.15, 0.2) is 82.4 Å². The summed E-state index contributed by atoms with van der Waals surface area (Å²) in [6.07, 6.45) is -0.292. The molecule has 7 nitrogen and oxygen atoms in total. The second kappa shape index (κ2) is 8.79. The van der Waals surface area contributed by atoms with Crippen molar-refractivity contribution < 1.29 is 26.0 Å². The fourth-order valence-electron chi connectivity index (χ4n) is 2.94. The average molecular weight is 460 g/mol. The van der Waals surface area contributed by atoms with Gasteiger partial charge in [0.05, 0.1) is 12.2 Å². The molecule has 164 valence electrons. The molecule has 0 bridgehead atoms. The average Bonchev–Trinajstić information content (AvgIpc) is 3.30. The van der Waals surface area contributed by atoms with Crippen LogP contribution in [0, 0.1) is 5.82 Å². The minimum atomic E-state index is -4.06. The van der Waals surface area contributed by atoms with Crippen molar-refractivity contribution in [2.75, 3.05) is 4.31 Å². The van der Waals surface area contributed by atoms with Gasteiger partial charge in [-0.2, -0.15) is 8.78 Å². The second-order valence-electron chi connectivity index (χ2n) is 6.59. The molecule has 0 radical (unpaired) electrons. The molecule has 0 spiro atoms. The molecular weight excluding hydrogens is 445 g/mol. The largest absolute Gasteiger partial charge is 0.415 e. The first-order valence-electron chi connectivity index (χ1n) is 9.24. The van der Waals surface area contributed by atoms with Crippen molar-refractivity contribution in [2.24, 2.45) is 0 Å². The standard InChI is InChI=1S/C21H15F3N4O3S/c22-18-11-14(20-26-27-21(31-20)19(23)24)8-9-15(18)13-28(16-5-2-1-3-6-16)32(29,30)17-7-4-10-25-12-17/h1-12,19H,13H2. The number of aromatic nitrogens is 3. The molecule has 11 heteroatoms. The van der Waals surface area contributed by atoms with Crippen LogP contribution in [0.25, 0.3) is 11.5 Å². The van der Waals surface area contributed by atoms with E-state index < -0.39 is 28.2 Å². The Morgan fingerprint density at radius 1 is 1.00 bits per heavy atom. The van der Waals surface area contributed by atoms with Gasteiger partial charge < -0.3 is 4.42 Å². The van der Waals surface area contributed by atoms with Gasteiger partial charge in [-0.1, -0.05) is 24.3 Å². The lowest BCUT2D eigenvalue weighted by atomic mass is 10.1. The summed E-state index contributed by atoms with van der Waals surface area (Å²) in [7, 11) is -4.06. The van der Waals surface area contributed by atoms with Gasteiger partial charge in [-0.05, 0) is 36.4 Å². The number of anilines is 1. The summed E-state index contributed by atoms with van der Waals surface area (Å²) < 4.78 is 72.6. The van der Waals surface area contributed by atoms with Gasteiger partial charge >= 0.3 is 6.43 Å². The van der Waals surface area contributed by atoms with Crippen LogP contribution in [0.1, 0.15) is 17.9 Å². The quantitative estimate of drug-likeness (QED) is 0.400. The maximum Gasteiger partial charge on any atom is 0.314 e. The van der Waals surface area contributed by atoms with E-state index in [9.17, 15) is 21.6 Å². The Bertz CT molecular complexity index is 1320. The van der Waals surface area contributed by atoms with Gasteiger partial charge in [0.25, 0.3) is 15.9 Å². The van der Waals surface area contributed by atoms with Crippen LogP contribution in [-0.4, -0.2) is 23.6 Å². The SMILES string of the molecule is O=S(=O)(c1cccnc1)N(Cc1ccc(-c2nnc(C(F)F)o2)cc1F)c1ccccc1. The smallest absolute Gasteiger partial charge is 0.314 e. The molecule has 0 saturated carbocycles. The minimum Gasteiger partial charge on any atom is -0.415 e. The second-order valence-corrected chi connectivity index (χ2v) is 8.45. The predicted molar refractivity (Wildman–Crippen MR) is 109 cm³/mol. The van der Waals surface area contributed by atoms with Crippen LogP contribution in [-0.2, 0) is 16.6 Å². The van der Waals surface area contributed by atoms with Gasteiger partial charge in [-0.3, -0.25) is 9.29 Å². The van der Waals surface area contributed by atoms with E-state index >= 15 is 0 Å². The van der Waals surface area contributed by atoms with E-state index in [0.29, 0.717) is 5.69 Å². The zero-order valence-corrected chi connectivity index (χ0v) is 17.1. The van der Waals surface area contributed by atoms with Gasteiger partial charge in [0, 0.05) is 23.5 Å². The number of rotatable bonds is 7. The number of benzene rings is 2. The lowest BCUT2D eigenvalue weighted by Crippen LogP contribution is -2.31. The number of alkyl halides is 2. The molecular formula is C21H15F3N4O3S. The molecule has 4 rings (SSSR count). The van der Waals surface area contributed by atoms with Crippen molar-refractivity contribution in [3.8, 4) is 11.5 Å². The van der Waals surface area contributed by atoms with E-state index in [1.54, 1.807) is 30.3 Å². The highest BCUT2D eigenvalue weighted by molar-refractivity contribution is 7.92. The Morgan fingerprint density at radius 3 is 2.41 bits per heavy atom. The van der Waals surface area contributed by atoms with Crippen LogP contribution in [0.5, 0.6) is 0 Å². The van der Waals surface area contributed by atoms with Crippen molar-refractivity contribution in [1.82, 2.24) is 15.2 Å². The Kier molecular flexibility index (Phi) is 5.91. The molecule has 2 heterocycles. The molecule has 0 unspecified atom stereocenters. The third-order valence-corrected chi connectivity index (χ3v) is 6.27. The fourth-order valence-corrected chi connectivity index (χ4v) is 4.35. The molecule has 32 heavy (non-hydrogen) atoms. The van der Waals surface area contributed by atoms with E-state index in [1.165, 1.54) is 36.7 Å². The van der Waals surface area contributed by atoms with Crippen molar-refractivity contribution in [3.05, 3.63) is 90.3 Å². The normalized spacial score (nSPS) is 11.6. The summed E-state index contributed by atoms with van der Waals surface area (Å²) >= 11 is 0. The van der Waals surface area contributed by atoms with Crippen molar-refractivity contribution in [1.29, 1.82) is 0 Å². The highest BCUT2D eigenvalue weighted by atomic mass is 32.2. The zero-order valence-electron chi connectivity index (χ0n) is 16.3. The number of sulfonamides is 1. The van der Waals surface area contributed by atoms with Crippen LogP contribution < -0.4 is 4.31 Å². The summed E-state index contributed by atoms with van der Waals surface area (Å²) in [5.74, 6) is -1.91. The molecule has 0 aliphatic carbocycles. The fraction of sp³-hybridized carbons (Fsp3) is 0.0952. The molecule has 0 atom stereocenters. The van der Waals surface area contributed by atoms with Gasteiger partial charge in [0.2, 0.25) is 5.89 Å². The molecule has 0 aliphatic rings. The number of pyridine rings is 1. The number of nitrogens with zero attached hydrogens (tertiary/aromatic N) is 4. The molecule has 0 N–H and O–H groups in total. The van der Waals surface area contributed by atoms with Gasteiger partial charge in [-0.15, -0.1) is 10.2 Å². The number of hydrogen-bond donors (Lipinski definition) is 0. The van der Waals surface area contributed by atoms with E-state index in [-0.39, 0.29) is 28.5 Å². The highest BCUT2D eigenvalue weighted by Crippen LogP contribution is 2.28. The third-order valence-electron chi connectivity index (χ3n) is 4.51. The maximum atomic E-state index is 14.9. The summed E-state index contributed by atoms with van der Waals surface area (Å²) in [5.41, 5.74) is 0.476. The topological polar surface area (TPSA) is 89.2 Å². The van der Waals surface area contributed by atoms with Crippen molar-refractivity contribution in [3.63, 3.8) is 0 Å². The third kappa shape index (κ3) is 4.33. The summed E-state index contributed by atoms with van der Waals surface area (Å²) in [6.45, 7) is -0.320. The monoisotopic (exact) mass is 460 g/mol. The number of halogens is 3. The first kappa shape index (κ1) is 21.5. The first-order valence-corrected chi connectivity index (χ1v) is 10.7. The Labute approximate surface area is 181 Å². The maximum absolute atomic E-state index is 14.9. The number of para-hydroxylation sites is 1. The Balaban J connectivity index is 1.70. The summed E-state index contributed by atoms with van der Waals surface area (Å²) in [4.78, 5) is 3.80. The van der Waals surface area contributed by atoms with Gasteiger partial charge in [0.1, 0.15) is 10.7 Å². The van der Waals surface area contributed by atoms with E-state index in [4.69, 9.17) is 4.42 Å². The van der Waals surface area contributed by atoms with Crippen molar-refractivity contribution >= 4 is 15.7 Å². The summed E-state index contributed by atoms with van der Waals surface area (Å²) in [5, 5.41) is 6.70. The molecule has 0 amide bonds. The van der Waals surface area contributed by atoms with Crippen LogP contribution in [0.3, 0.4) is 0 Å². The Hall–Kier alpha value is -3.73. The predicted octanol–water partition coefficient (Wildman–Crippen LogP) is 4.60. The van der Waals surface area contributed by atoms with Gasteiger partial charge in [-0.25, -0.2) is 12.8 Å². The Morgan fingerprint density at radius 2 is 1.78 bits per heavy atom. The van der Waals surface area contributed by atoms with Crippen LogP contribution in [0.4, 0.5) is 18.9 Å². The van der Waals surface area contributed by atoms with Crippen LogP contribution in [0.2, 0.25) is 0 Å². The molecule has 4 aromatic rings. The molecule has 0 fully saturated rings. The summed E-state index contributed by atoms with van der Waals surface area (Å²) in [6, 6.07) is 14.9. The van der Waals surface area contributed by atoms with Gasteiger partial charge in [0.15, 0.2) is 0 Å². The lowest BCUT2D eigenvalue weighted by Gasteiger charge is -2.24. The molecule has 0 aliphatic heterocycles. The van der Waals surface area contributed by atoms with E-state index in [2.05, 4.69) is 15.2 Å². The van der Waals surface area contributed by atoms with E-state index in [0.717, 1.165) is 10.4 Å². The first-order chi connectivity index (χ1) is 15.4. The zero-order chi connectivity index (χ0) is 22.7. The molecule has 2 aromatic carbocycles. The van der Waals surface area contributed by atoms with Crippen molar-refractivity contribution in [2.45, 2.75) is 17.9 Å². The van der Waals surface area contributed by atoms with Crippen LogP contribution >= 0.6 is 0 Å². The molecule has 0 saturated heterocycles. The highest BCUT2D eigenvalue weighted by Gasteiger charge is 2.26. The molecule has 2 aromatic heterocycles. The number of hydrogen-bond acceptors (Lipinski definition) is 6. The lowest BCUT2D eigenvalue weighted by molar-refractivity contribution is 0.116. The van der Waals surface area contributed by atoms with E-state index in [1.807, 2.05) is 0 Å².